The van der Waals surface area contributed by atoms with Gasteiger partial charge in [0.15, 0.2) is 5.69 Å². The zero-order valence-electron chi connectivity index (χ0n) is 15.6. The zero-order valence-corrected chi connectivity index (χ0v) is 15.6. The van der Waals surface area contributed by atoms with Gasteiger partial charge >= 0.3 is 0 Å². The molecule has 7 heteroatoms. The largest absolute Gasteiger partial charge is 0.340 e. The number of carbonyl (C=O) groups excluding carboxylic acids is 1. The van der Waals surface area contributed by atoms with Crippen molar-refractivity contribution in [1.82, 2.24) is 24.9 Å². The Morgan fingerprint density at radius 3 is 2.77 bits per heavy atom. The van der Waals surface area contributed by atoms with Crippen molar-refractivity contribution in [2.24, 2.45) is 11.1 Å². The van der Waals surface area contributed by atoms with Gasteiger partial charge in [0.25, 0.3) is 5.91 Å². The number of rotatable bonds is 5. The Labute approximate surface area is 152 Å². The first-order valence-electron chi connectivity index (χ1n) is 8.56. The molecule has 3 rings (SSSR count). The summed E-state index contributed by atoms with van der Waals surface area (Å²) in [5, 5.41) is 9.33. The van der Waals surface area contributed by atoms with Gasteiger partial charge in [-0.2, -0.15) is 0 Å². The topological polar surface area (TPSA) is 89.9 Å². The number of nitrogens with two attached hydrogens (primary N) is 1. The number of nitrogens with zero attached hydrogens (tertiary/aromatic N) is 5. The molecular formula is C19H24N6O. The Hall–Kier alpha value is -2.80. The van der Waals surface area contributed by atoms with Crippen molar-refractivity contribution in [3.63, 3.8) is 0 Å². The number of benzene rings is 1. The van der Waals surface area contributed by atoms with E-state index in [0.717, 1.165) is 16.6 Å². The van der Waals surface area contributed by atoms with E-state index < -0.39 is 0 Å². The second-order valence-electron chi connectivity index (χ2n) is 7.31. The average molecular weight is 352 g/mol. The summed E-state index contributed by atoms with van der Waals surface area (Å²) in [6, 6.07) is 9.67. The first-order valence-corrected chi connectivity index (χ1v) is 8.56. The Balaban J connectivity index is 1.96. The van der Waals surface area contributed by atoms with E-state index in [2.05, 4.69) is 15.3 Å². The smallest absolute Gasteiger partial charge is 0.276 e. The van der Waals surface area contributed by atoms with E-state index in [1.165, 1.54) is 0 Å². The second kappa shape index (κ2) is 6.84. The van der Waals surface area contributed by atoms with Gasteiger partial charge in [-0.1, -0.05) is 25.1 Å². The van der Waals surface area contributed by atoms with Gasteiger partial charge in [0.05, 0.1) is 16.9 Å². The minimum absolute atomic E-state index is 0.157. The van der Waals surface area contributed by atoms with Gasteiger partial charge in [-0.3, -0.25) is 9.78 Å². The Morgan fingerprint density at radius 1 is 1.27 bits per heavy atom. The molecule has 0 atom stereocenters. The van der Waals surface area contributed by atoms with Gasteiger partial charge < -0.3 is 10.6 Å². The highest BCUT2D eigenvalue weighted by Gasteiger charge is 2.26. The molecule has 1 amide bonds. The van der Waals surface area contributed by atoms with Gasteiger partial charge in [-0.15, -0.1) is 5.10 Å². The second-order valence-corrected chi connectivity index (χ2v) is 7.31. The minimum Gasteiger partial charge on any atom is -0.340 e. The van der Waals surface area contributed by atoms with E-state index in [4.69, 9.17) is 5.73 Å². The predicted molar refractivity (Wildman–Crippen MR) is 101 cm³/mol. The van der Waals surface area contributed by atoms with E-state index in [0.29, 0.717) is 24.5 Å². The molecule has 2 N–H and O–H groups in total. The van der Waals surface area contributed by atoms with Crippen molar-refractivity contribution in [2.75, 3.05) is 20.1 Å². The predicted octanol–water partition coefficient (Wildman–Crippen LogP) is 2.18. The number of fused-ring (bicyclic) bond motifs is 1. The molecule has 2 aromatic heterocycles. The molecule has 1 aromatic carbocycles. The molecule has 0 spiro atoms. The van der Waals surface area contributed by atoms with E-state index in [1.54, 1.807) is 22.8 Å². The molecule has 2 heterocycles. The normalized spacial score (nSPS) is 11.7. The minimum atomic E-state index is -0.159. The lowest BCUT2D eigenvalue weighted by molar-refractivity contribution is 0.0734. The van der Waals surface area contributed by atoms with E-state index >= 15 is 0 Å². The van der Waals surface area contributed by atoms with Gasteiger partial charge in [-0.25, -0.2) is 4.68 Å². The average Bonchev–Trinajstić information content (AvgIpc) is 3.01. The first kappa shape index (κ1) is 18.0. The highest BCUT2D eigenvalue weighted by molar-refractivity contribution is 5.93. The number of carbonyl (C=O) groups is 1. The molecule has 0 radical (unpaired) electrons. The molecule has 136 valence electrons. The van der Waals surface area contributed by atoms with Crippen LogP contribution in [0.2, 0.25) is 0 Å². The van der Waals surface area contributed by atoms with Crippen LogP contribution in [0.15, 0.2) is 36.5 Å². The van der Waals surface area contributed by atoms with Crippen LogP contribution in [0, 0.1) is 12.3 Å². The molecule has 0 aliphatic carbocycles. The molecule has 0 aliphatic heterocycles. The summed E-state index contributed by atoms with van der Waals surface area (Å²) >= 11 is 0. The van der Waals surface area contributed by atoms with Gasteiger partial charge in [0.2, 0.25) is 0 Å². The van der Waals surface area contributed by atoms with Crippen molar-refractivity contribution in [2.45, 2.75) is 20.8 Å². The molecule has 3 aromatic rings. The van der Waals surface area contributed by atoms with Crippen LogP contribution in [0.4, 0.5) is 0 Å². The third-order valence-electron chi connectivity index (χ3n) is 4.51. The van der Waals surface area contributed by atoms with E-state index in [1.807, 2.05) is 51.1 Å². The number of amides is 1. The third kappa shape index (κ3) is 3.30. The fraction of sp³-hybridized carbons (Fsp3) is 0.368. The van der Waals surface area contributed by atoms with Gasteiger partial charge in [-0.05, 0) is 43.1 Å². The molecule has 0 bridgehead atoms. The number of hydrogen-bond acceptors (Lipinski definition) is 5. The molecule has 0 fully saturated rings. The summed E-state index contributed by atoms with van der Waals surface area (Å²) in [6.45, 7) is 6.96. The van der Waals surface area contributed by atoms with Crippen LogP contribution in [0.3, 0.4) is 0 Å². The highest BCUT2D eigenvalue weighted by atomic mass is 16.2. The standard InChI is InChI=1S/C19H24N6O/c1-13-17(18(26)24(4)12-19(2,3)11-20)22-23-25(13)16-9-5-8-15-14(16)7-6-10-21-15/h5-10H,11-12,20H2,1-4H3. The molecule has 0 saturated carbocycles. The summed E-state index contributed by atoms with van der Waals surface area (Å²) in [7, 11) is 1.76. The summed E-state index contributed by atoms with van der Waals surface area (Å²) in [5.74, 6) is -0.159. The monoisotopic (exact) mass is 352 g/mol. The van der Waals surface area contributed by atoms with Crippen molar-refractivity contribution in [3.05, 3.63) is 47.9 Å². The fourth-order valence-corrected chi connectivity index (χ4v) is 2.99. The van der Waals surface area contributed by atoms with Gasteiger partial charge in [0.1, 0.15) is 0 Å². The fourth-order valence-electron chi connectivity index (χ4n) is 2.99. The number of hydrogen-bond donors (Lipinski definition) is 1. The molecule has 0 unspecified atom stereocenters. The Kier molecular flexibility index (Phi) is 4.73. The maximum Gasteiger partial charge on any atom is 0.276 e. The van der Waals surface area contributed by atoms with Crippen molar-refractivity contribution >= 4 is 16.8 Å². The van der Waals surface area contributed by atoms with Crippen LogP contribution >= 0.6 is 0 Å². The lowest BCUT2D eigenvalue weighted by Gasteiger charge is -2.28. The van der Waals surface area contributed by atoms with Crippen molar-refractivity contribution < 1.29 is 4.79 Å². The maximum absolute atomic E-state index is 12.8. The van der Waals surface area contributed by atoms with Crippen molar-refractivity contribution in [3.8, 4) is 5.69 Å². The Morgan fingerprint density at radius 2 is 2.04 bits per heavy atom. The van der Waals surface area contributed by atoms with E-state index in [-0.39, 0.29) is 11.3 Å². The van der Waals surface area contributed by atoms with Crippen LogP contribution in [0.5, 0.6) is 0 Å². The van der Waals surface area contributed by atoms with Crippen LogP contribution in [-0.4, -0.2) is 50.9 Å². The van der Waals surface area contributed by atoms with Crippen LogP contribution in [-0.2, 0) is 0 Å². The molecular weight excluding hydrogens is 328 g/mol. The molecule has 26 heavy (non-hydrogen) atoms. The van der Waals surface area contributed by atoms with Crippen molar-refractivity contribution in [1.29, 1.82) is 0 Å². The number of pyridine rings is 1. The van der Waals surface area contributed by atoms with Crippen LogP contribution in [0.25, 0.3) is 16.6 Å². The SMILES string of the molecule is Cc1c(C(=O)N(C)CC(C)(C)CN)nnn1-c1cccc2ncccc12. The Bertz CT molecular complexity index is 941. The summed E-state index contributed by atoms with van der Waals surface area (Å²) in [4.78, 5) is 18.8. The lowest BCUT2D eigenvalue weighted by Crippen LogP contribution is -2.40. The molecule has 7 nitrogen and oxygen atoms in total. The highest BCUT2D eigenvalue weighted by Crippen LogP contribution is 2.22. The maximum atomic E-state index is 12.8. The number of aromatic nitrogens is 4. The zero-order chi connectivity index (χ0) is 18.9. The summed E-state index contributed by atoms with van der Waals surface area (Å²) < 4.78 is 1.69. The van der Waals surface area contributed by atoms with Crippen LogP contribution in [0.1, 0.15) is 30.0 Å². The van der Waals surface area contributed by atoms with Gasteiger partial charge in [0, 0.05) is 25.2 Å². The summed E-state index contributed by atoms with van der Waals surface area (Å²) in [6.07, 6.45) is 1.75. The van der Waals surface area contributed by atoms with Crippen LogP contribution < -0.4 is 5.73 Å². The quantitative estimate of drug-likeness (QED) is 0.760. The first-order chi connectivity index (χ1) is 12.3. The summed E-state index contributed by atoms with van der Waals surface area (Å²) in [5.41, 5.74) is 8.39. The molecule has 0 aliphatic rings. The molecule has 0 saturated heterocycles. The lowest BCUT2D eigenvalue weighted by atomic mass is 9.93. The van der Waals surface area contributed by atoms with E-state index in [9.17, 15) is 4.79 Å². The third-order valence-corrected chi connectivity index (χ3v) is 4.51.